The molecular formula is C14H16BrFN2O2S. The second-order valence-electron chi connectivity index (χ2n) is 5.33. The predicted octanol–water partition coefficient (Wildman–Crippen LogP) is 4.26. The standard InChI is InChI=1S/C14H16BrFN2O2S/c1-4-14(2,3)18-11-6-9(16)8(15)5-10(11)17-13(18)21-7-12(19)20/h5-6H,4,7H2,1-3H3,(H,19,20). The molecule has 0 aliphatic rings. The zero-order valence-corrected chi connectivity index (χ0v) is 14.4. The van der Waals surface area contributed by atoms with E-state index in [2.05, 4.69) is 20.9 Å². The lowest BCUT2D eigenvalue weighted by Crippen LogP contribution is -2.26. The average molecular weight is 375 g/mol. The van der Waals surface area contributed by atoms with Crippen LogP contribution in [-0.2, 0) is 10.3 Å². The van der Waals surface area contributed by atoms with E-state index in [9.17, 15) is 9.18 Å². The summed E-state index contributed by atoms with van der Waals surface area (Å²) in [5.74, 6) is -1.34. The van der Waals surface area contributed by atoms with Crippen molar-refractivity contribution in [1.82, 2.24) is 9.55 Å². The number of aromatic nitrogens is 2. The first-order valence-electron chi connectivity index (χ1n) is 6.49. The zero-order valence-electron chi connectivity index (χ0n) is 12.0. The SMILES string of the molecule is CCC(C)(C)n1c(SCC(=O)O)nc2cc(Br)c(F)cc21. The minimum atomic E-state index is -0.903. The first-order chi connectivity index (χ1) is 9.76. The molecule has 0 radical (unpaired) electrons. The van der Waals surface area contributed by atoms with Crippen LogP contribution in [0, 0.1) is 5.82 Å². The molecule has 0 unspecified atom stereocenters. The Hall–Kier alpha value is -1.08. The first-order valence-corrected chi connectivity index (χ1v) is 8.26. The summed E-state index contributed by atoms with van der Waals surface area (Å²) in [6.07, 6.45) is 0.816. The molecule has 0 saturated heterocycles. The summed E-state index contributed by atoms with van der Waals surface area (Å²) in [5, 5.41) is 9.46. The van der Waals surface area contributed by atoms with Gasteiger partial charge in [-0.2, -0.15) is 0 Å². The Morgan fingerprint density at radius 1 is 1.52 bits per heavy atom. The number of halogens is 2. The summed E-state index contributed by atoms with van der Waals surface area (Å²) in [6.45, 7) is 6.09. The maximum Gasteiger partial charge on any atom is 0.313 e. The van der Waals surface area contributed by atoms with Crippen molar-refractivity contribution < 1.29 is 14.3 Å². The van der Waals surface area contributed by atoms with E-state index in [-0.39, 0.29) is 17.1 Å². The monoisotopic (exact) mass is 374 g/mol. The molecule has 0 spiro atoms. The quantitative estimate of drug-likeness (QED) is 0.794. The second kappa shape index (κ2) is 5.96. The molecule has 1 heterocycles. The number of benzene rings is 1. The van der Waals surface area contributed by atoms with Crippen LogP contribution in [0.1, 0.15) is 27.2 Å². The van der Waals surface area contributed by atoms with Gasteiger partial charge in [0.2, 0.25) is 0 Å². The Bertz CT molecular complexity index is 700. The van der Waals surface area contributed by atoms with Crippen molar-refractivity contribution >= 4 is 44.7 Å². The predicted molar refractivity (Wildman–Crippen MR) is 85.4 cm³/mol. The molecule has 0 saturated carbocycles. The number of rotatable bonds is 5. The molecule has 2 rings (SSSR count). The van der Waals surface area contributed by atoms with Crippen molar-refractivity contribution in [3.8, 4) is 0 Å². The summed E-state index contributed by atoms with van der Waals surface area (Å²) in [4.78, 5) is 15.3. The van der Waals surface area contributed by atoms with E-state index in [4.69, 9.17) is 5.11 Å². The van der Waals surface area contributed by atoms with Gasteiger partial charge in [-0.25, -0.2) is 9.37 Å². The lowest BCUT2D eigenvalue weighted by molar-refractivity contribution is -0.133. The summed E-state index contributed by atoms with van der Waals surface area (Å²) >= 11 is 4.30. The molecule has 0 fully saturated rings. The van der Waals surface area contributed by atoms with Crippen LogP contribution in [0.2, 0.25) is 0 Å². The van der Waals surface area contributed by atoms with Crippen molar-refractivity contribution in [3.63, 3.8) is 0 Å². The molecule has 1 aromatic carbocycles. The van der Waals surface area contributed by atoms with Gasteiger partial charge in [-0.1, -0.05) is 18.7 Å². The van der Waals surface area contributed by atoms with Crippen LogP contribution < -0.4 is 0 Å². The van der Waals surface area contributed by atoms with Crippen molar-refractivity contribution in [2.75, 3.05) is 5.75 Å². The molecule has 0 bridgehead atoms. The highest BCUT2D eigenvalue weighted by Gasteiger charge is 2.25. The molecule has 0 atom stereocenters. The van der Waals surface area contributed by atoms with Crippen LogP contribution in [-0.4, -0.2) is 26.4 Å². The van der Waals surface area contributed by atoms with Crippen molar-refractivity contribution in [2.24, 2.45) is 0 Å². The number of hydrogen-bond acceptors (Lipinski definition) is 3. The summed E-state index contributed by atoms with van der Waals surface area (Å²) in [6, 6.07) is 3.06. The van der Waals surface area contributed by atoms with Gasteiger partial charge in [0, 0.05) is 11.6 Å². The van der Waals surface area contributed by atoms with Gasteiger partial charge in [-0.05, 0) is 42.3 Å². The highest BCUT2D eigenvalue weighted by molar-refractivity contribution is 9.10. The molecule has 7 heteroatoms. The van der Waals surface area contributed by atoms with Gasteiger partial charge in [0.1, 0.15) is 5.82 Å². The number of thioether (sulfide) groups is 1. The molecule has 0 aliphatic carbocycles. The molecule has 21 heavy (non-hydrogen) atoms. The number of aliphatic carboxylic acids is 1. The smallest absolute Gasteiger partial charge is 0.313 e. The fourth-order valence-electron chi connectivity index (χ4n) is 2.02. The number of hydrogen-bond donors (Lipinski definition) is 1. The van der Waals surface area contributed by atoms with E-state index < -0.39 is 5.97 Å². The van der Waals surface area contributed by atoms with Gasteiger partial charge in [0.15, 0.2) is 5.16 Å². The number of carboxylic acid groups (broad SMARTS) is 1. The lowest BCUT2D eigenvalue weighted by atomic mass is 10.0. The van der Waals surface area contributed by atoms with Gasteiger partial charge < -0.3 is 9.67 Å². The maximum absolute atomic E-state index is 13.9. The Kier molecular flexibility index (Phi) is 4.63. The lowest BCUT2D eigenvalue weighted by Gasteiger charge is -2.27. The maximum atomic E-state index is 13.9. The third-order valence-corrected chi connectivity index (χ3v) is 4.99. The summed E-state index contributed by atoms with van der Waals surface area (Å²) in [7, 11) is 0. The van der Waals surface area contributed by atoms with Gasteiger partial charge in [-0.15, -0.1) is 0 Å². The van der Waals surface area contributed by atoms with Crippen LogP contribution in [0.15, 0.2) is 21.8 Å². The number of carbonyl (C=O) groups is 1. The Morgan fingerprint density at radius 3 is 2.76 bits per heavy atom. The molecule has 4 nitrogen and oxygen atoms in total. The van der Waals surface area contributed by atoms with Gasteiger partial charge in [0.05, 0.1) is 21.3 Å². The Labute approximate surface area is 134 Å². The molecule has 0 aliphatic heterocycles. The molecule has 1 aromatic heterocycles. The largest absolute Gasteiger partial charge is 0.481 e. The summed E-state index contributed by atoms with van der Waals surface area (Å²) in [5.41, 5.74) is 1.05. The number of nitrogens with zero attached hydrogens (tertiary/aromatic N) is 2. The highest BCUT2D eigenvalue weighted by atomic mass is 79.9. The van der Waals surface area contributed by atoms with Crippen LogP contribution >= 0.6 is 27.7 Å². The van der Waals surface area contributed by atoms with Crippen LogP contribution in [0.5, 0.6) is 0 Å². The molecule has 0 amide bonds. The van der Waals surface area contributed by atoms with E-state index in [1.54, 1.807) is 6.07 Å². The fourth-order valence-corrected chi connectivity index (χ4v) is 3.24. The van der Waals surface area contributed by atoms with Crippen LogP contribution in [0.3, 0.4) is 0 Å². The van der Waals surface area contributed by atoms with Crippen molar-refractivity contribution in [1.29, 1.82) is 0 Å². The number of imidazole rings is 1. The average Bonchev–Trinajstić information content (AvgIpc) is 2.75. The van der Waals surface area contributed by atoms with Crippen molar-refractivity contribution in [2.45, 2.75) is 37.9 Å². The van der Waals surface area contributed by atoms with Gasteiger partial charge in [-0.3, -0.25) is 4.79 Å². The van der Waals surface area contributed by atoms with E-state index >= 15 is 0 Å². The number of carboxylic acids is 1. The Balaban J connectivity index is 2.66. The van der Waals surface area contributed by atoms with Gasteiger partial charge >= 0.3 is 5.97 Å². The number of fused-ring (bicyclic) bond motifs is 1. The molecule has 114 valence electrons. The third kappa shape index (κ3) is 3.23. The minimum absolute atomic E-state index is 0.0766. The van der Waals surface area contributed by atoms with E-state index in [1.165, 1.54) is 6.07 Å². The van der Waals surface area contributed by atoms with Crippen molar-refractivity contribution in [3.05, 3.63) is 22.4 Å². The van der Waals surface area contributed by atoms with E-state index in [0.29, 0.717) is 20.7 Å². The first kappa shape index (κ1) is 16.3. The molecule has 2 aromatic rings. The molecule has 1 N–H and O–H groups in total. The Morgan fingerprint density at radius 2 is 2.19 bits per heavy atom. The summed E-state index contributed by atoms with van der Waals surface area (Å²) < 4.78 is 16.1. The van der Waals surface area contributed by atoms with E-state index in [1.807, 2.05) is 25.3 Å². The zero-order chi connectivity index (χ0) is 15.8. The van der Waals surface area contributed by atoms with E-state index in [0.717, 1.165) is 18.2 Å². The normalized spacial score (nSPS) is 12.0. The third-order valence-electron chi connectivity index (χ3n) is 3.46. The van der Waals surface area contributed by atoms with Crippen LogP contribution in [0.4, 0.5) is 4.39 Å². The molecular weight excluding hydrogens is 359 g/mol. The van der Waals surface area contributed by atoms with Crippen LogP contribution in [0.25, 0.3) is 11.0 Å². The fraction of sp³-hybridized carbons (Fsp3) is 0.429. The topological polar surface area (TPSA) is 55.1 Å². The van der Waals surface area contributed by atoms with Gasteiger partial charge in [0.25, 0.3) is 0 Å². The minimum Gasteiger partial charge on any atom is -0.481 e. The second-order valence-corrected chi connectivity index (χ2v) is 7.13. The highest BCUT2D eigenvalue weighted by Crippen LogP contribution is 2.34.